The fraction of sp³-hybridized carbons (Fsp3) is 0.800. The Morgan fingerprint density at radius 3 is 2.18 bits per heavy atom. The molecule has 0 radical (unpaired) electrons. The molecule has 0 aliphatic carbocycles. The minimum absolute atomic E-state index is 0.0169. The maximum atomic E-state index is 11.9. The van der Waals surface area contributed by atoms with Gasteiger partial charge in [-0.3, -0.25) is 9.59 Å². The lowest BCUT2D eigenvalue weighted by atomic mass is 9.95. The summed E-state index contributed by atoms with van der Waals surface area (Å²) in [5.41, 5.74) is 0. The summed E-state index contributed by atoms with van der Waals surface area (Å²) in [6.45, 7) is 3.39. The number of nitrogens with zero attached hydrogens (tertiary/aromatic N) is 1. The molecule has 0 saturated carbocycles. The van der Waals surface area contributed by atoms with Gasteiger partial charge in [-0.15, -0.1) is 0 Å². The Balaban J connectivity index is 2.62. The normalized spacial score (nSPS) is 17.7. The van der Waals surface area contributed by atoms with Crippen molar-refractivity contribution in [3.05, 3.63) is 0 Å². The molecule has 0 aromatic carbocycles. The van der Waals surface area contributed by atoms with Crippen LogP contribution in [0.25, 0.3) is 0 Å². The van der Waals surface area contributed by atoms with Crippen molar-refractivity contribution in [2.75, 3.05) is 19.3 Å². The van der Waals surface area contributed by atoms with Crippen molar-refractivity contribution >= 4 is 21.7 Å². The van der Waals surface area contributed by atoms with Gasteiger partial charge in [0.1, 0.15) is 4.75 Å². The van der Waals surface area contributed by atoms with E-state index in [4.69, 9.17) is 5.11 Å². The van der Waals surface area contributed by atoms with Gasteiger partial charge < -0.3 is 10.0 Å². The van der Waals surface area contributed by atoms with Gasteiger partial charge >= 0.3 is 5.97 Å². The second kappa shape index (κ2) is 4.29. The summed E-state index contributed by atoms with van der Waals surface area (Å²) in [6.07, 6.45) is 1.04. The molecule has 0 spiro atoms. The van der Waals surface area contributed by atoms with Gasteiger partial charge in [0.2, 0.25) is 5.91 Å². The van der Waals surface area contributed by atoms with E-state index in [0.29, 0.717) is 13.1 Å². The van der Waals surface area contributed by atoms with E-state index in [2.05, 4.69) is 0 Å². The summed E-state index contributed by atoms with van der Waals surface area (Å²) < 4.78 is 21.5. The van der Waals surface area contributed by atoms with Gasteiger partial charge in [0.05, 0.1) is 6.42 Å². The van der Waals surface area contributed by atoms with Crippen molar-refractivity contribution in [3.63, 3.8) is 0 Å². The summed E-state index contributed by atoms with van der Waals surface area (Å²) in [5.74, 6) is -1.42. The standard InChI is InChI=1S/C10H17NO5S/c1-10(2,17(3,15)16)9(14)11-5-7(6-11)4-8(12)13/h7H,4-6H2,1-3H3,(H,12,13). The van der Waals surface area contributed by atoms with E-state index in [1.807, 2.05) is 0 Å². The molecule has 1 aliphatic rings. The molecule has 0 unspecified atom stereocenters. The highest BCUT2D eigenvalue weighted by atomic mass is 32.2. The number of carboxylic acid groups (broad SMARTS) is 1. The fourth-order valence-electron chi connectivity index (χ4n) is 1.65. The Bertz CT molecular complexity index is 434. The van der Waals surface area contributed by atoms with Crippen LogP contribution in [0.3, 0.4) is 0 Å². The predicted octanol–water partition coefficient (Wildman–Crippen LogP) is -0.257. The van der Waals surface area contributed by atoms with Crippen molar-refractivity contribution in [1.82, 2.24) is 4.90 Å². The first kappa shape index (κ1) is 14.0. The van der Waals surface area contributed by atoms with E-state index in [1.54, 1.807) is 0 Å². The molecule has 17 heavy (non-hydrogen) atoms. The van der Waals surface area contributed by atoms with Gasteiger partial charge in [-0.2, -0.15) is 0 Å². The van der Waals surface area contributed by atoms with Gasteiger partial charge in [-0.1, -0.05) is 0 Å². The molecular weight excluding hydrogens is 246 g/mol. The predicted molar refractivity (Wildman–Crippen MR) is 61.2 cm³/mol. The highest BCUT2D eigenvalue weighted by Gasteiger charge is 2.45. The number of carboxylic acids is 1. The summed E-state index contributed by atoms with van der Waals surface area (Å²) in [4.78, 5) is 23.8. The number of aliphatic carboxylic acids is 1. The topological polar surface area (TPSA) is 91.8 Å². The van der Waals surface area contributed by atoms with Crippen LogP contribution in [0, 0.1) is 5.92 Å². The first-order valence-corrected chi connectivity index (χ1v) is 7.15. The highest BCUT2D eigenvalue weighted by Crippen LogP contribution is 2.26. The Morgan fingerprint density at radius 2 is 1.82 bits per heavy atom. The molecule has 0 aromatic rings. The van der Waals surface area contributed by atoms with E-state index in [-0.39, 0.29) is 12.3 Å². The fourth-order valence-corrected chi connectivity index (χ4v) is 2.10. The van der Waals surface area contributed by atoms with Gasteiger partial charge in [-0.25, -0.2) is 8.42 Å². The number of rotatable bonds is 4. The van der Waals surface area contributed by atoms with Crippen molar-refractivity contribution in [3.8, 4) is 0 Å². The van der Waals surface area contributed by atoms with Crippen LogP contribution in [0.2, 0.25) is 0 Å². The minimum atomic E-state index is -3.47. The van der Waals surface area contributed by atoms with E-state index in [0.717, 1.165) is 6.26 Å². The molecule has 0 atom stereocenters. The summed E-state index contributed by atoms with van der Waals surface area (Å²) >= 11 is 0. The first-order valence-electron chi connectivity index (χ1n) is 5.26. The second-order valence-corrected chi connectivity index (χ2v) is 7.52. The van der Waals surface area contributed by atoms with E-state index >= 15 is 0 Å². The van der Waals surface area contributed by atoms with Crippen molar-refractivity contribution in [1.29, 1.82) is 0 Å². The van der Waals surface area contributed by atoms with Crippen LogP contribution in [0.15, 0.2) is 0 Å². The molecule has 1 rings (SSSR count). The van der Waals surface area contributed by atoms with Crippen LogP contribution in [0.4, 0.5) is 0 Å². The minimum Gasteiger partial charge on any atom is -0.481 e. The lowest BCUT2D eigenvalue weighted by Gasteiger charge is -2.42. The van der Waals surface area contributed by atoms with Gasteiger partial charge in [0.15, 0.2) is 9.84 Å². The van der Waals surface area contributed by atoms with Crippen LogP contribution in [0.1, 0.15) is 20.3 Å². The van der Waals surface area contributed by atoms with Crippen LogP contribution in [-0.2, 0) is 19.4 Å². The quantitative estimate of drug-likeness (QED) is 0.754. The molecule has 1 fully saturated rings. The Morgan fingerprint density at radius 1 is 1.35 bits per heavy atom. The number of sulfone groups is 1. The summed E-state index contributed by atoms with van der Waals surface area (Å²) in [7, 11) is -3.47. The van der Waals surface area contributed by atoms with Crippen LogP contribution in [-0.4, -0.2) is 54.4 Å². The SMILES string of the molecule is CC(C)(C(=O)N1CC(CC(=O)O)C1)S(C)(=O)=O. The van der Waals surface area contributed by atoms with E-state index in [9.17, 15) is 18.0 Å². The number of carbonyl (C=O) groups is 2. The third-order valence-electron chi connectivity index (χ3n) is 3.15. The molecule has 1 aliphatic heterocycles. The van der Waals surface area contributed by atoms with Crippen LogP contribution >= 0.6 is 0 Å². The highest BCUT2D eigenvalue weighted by molar-refractivity contribution is 7.92. The van der Waals surface area contributed by atoms with E-state index in [1.165, 1.54) is 18.7 Å². The maximum Gasteiger partial charge on any atom is 0.303 e. The maximum absolute atomic E-state index is 11.9. The number of carbonyl (C=O) groups excluding carboxylic acids is 1. The average molecular weight is 263 g/mol. The summed E-state index contributed by atoms with van der Waals surface area (Å²) in [6, 6.07) is 0. The van der Waals surface area contributed by atoms with Crippen LogP contribution in [0.5, 0.6) is 0 Å². The van der Waals surface area contributed by atoms with Gasteiger partial charge in [0.25, 0.3) is 0 Å². The van der Waals surface area contributed by atoms with Crippen molar-refractivity contribution < 1.29 is 23.1 Å². The largest absolute Gasteiger partial charge is 0.481 e. The first-order chi connectivity index (χ1) is 7.55. The molecule has 98 valence electrons. The second-order valence-electron chi connectivity index (χ2n) is 4.96. The average Bonchev–Trinajstić information content (AvgIpc) is 2.07. The molecule has 7 heteroatoms. The molecule has 6 nitrogen and oxygen atoms in total. The smallest absolute Gasteiger partial charge is 0.303 e. The molecule has 1 amide bonds. The zero-order valence-corrected chi connectivity index (χ0v) is 11.0. The van der Waals surface area contributed by atoms with Gasteiger partial charge in [0, 0.05) is 25.3 Å². The number of hydrogen-bond donors (Lipinski definition) is 1. The Kier molecular flexibility index (Phi) is 3.52. The lowest BCUT2D eigenvalue weighted by molar-refractivity contribution is -0.146. The molecule has 1 N–H and O–H groups in total. The molecule has 0 aromatic heterocycles. The van der Waals surface area contributed by atoms with Crippen LogP contribution < -0.4 is 0 Å². The molecular formula is C10H17NO5S. The molecule has 1 saturated heterocycles. The molecule has 1 heterocycles. The third-order valence-corrected chi connectivity index (χ3v) is 5.18. The number of hydrogen-bond acceptors (Lipinski definition) is 4. The van der Waals surface area contributed by atoms with Crippen molar-refractivity contribution in [2.45, 2.75) is 25.0 Å². The summed E-state index contributed by atoms with van der Waals surface area (Å²) in [5, 5.41) is 8.56. The lowest BCUT2D eigenvalue weighted by Crippen LogP contribution is -2.58. The Hall–Kier alpha value is -1.11. The zero-order valence-electron chi connectivity index (χ0n) is 10.1. The third kappa shape index (κ3) is 2.77. The number of likely N-dealkylation sites (tertiary alicyclic amines) is 1. The van der Waals surface area contributed by atoms with Gasteiger partial charge in [-0.05, 0) is 13.8 Å². The van der Waals surface area contributed by atoms with Crippen molar-refractivity contribution in [2.24, 2.45) is 5.92 Å². The van der Waals surface area contributed by atoms with E-state index < -0.39 is 26.5 Å². The Labute approximate surface area is 101 Å². The monoisotopic (exact) mass is 263 g/mol. The number of amides is 1. The zero-order chi connectivity index (χ0) is 13.4. The molecule has 0 bridgehead atoms.